The van der Waals surface area contributed by atoms with Crippen LogP contribution in [0.2, 0.25) is 0 Å². The average Bonchev–Trinajstić information content (AvgIpc) is 2.74. The minimum atomic E-state index is 0.438. The van der Waals surface area contributed by atoms with Gasteiger partial charge in [-0.25, -0.2) is 0 Å². The Kier molecular flexibility index (Phi) is 3.58. The van der Waals surface area contributed by atoms with Crippen molar-refractivity contribution in [3.8, 4) is 5.75 Å². The Morgan fingerprint density at radius 1 is 1.53 bits per heavy atom. The highest BCUT2D eigenvalue weighted by atomic mass is 79.9. The van der Waals surface area contributed by atoms with Gasteiger partial charge in [0.2, 0.25) is 0 Å². The molecule has 0 fully saturated rings. The Morgan fingerprint density at radius 3 is 3.00 bits per heavy atom. The summed E-state index contributed by atoms with van der Waals surface area (Å²) in [6.07, 6.45) is 4.43. The van der Waals surface area contributed by atoms with E-state index in [1.165, 1.54) is 0 Å². The highest BCUT2D eigenvalue weighted by Crippen LogP contribution is 2.21. The number of ether oxygens (including phenoxy) is 1. The number of benzene rings is 1. The molecule has 2 rings (SSSR count). The molecule has 0 unspecified atom stereocenters. The van der Waals surface area contributed by atoms with Crippen molar-refractivity contribution in [2.75, 3.05) is 0 Å². The summed E-state index contributed by atoms with van der Waals surface area (Å²) in [6, 6.07) is 5.31. The van der Waals surface area contributed by atoms with E-state index >= 15 is 0 Å². The van der Waals surface area contributed by atoms with Gasteiger partial charge < -0.3 is 4.74 Å². The van der Waals surface area contributed by atoms with Gasteiger partial charge in [-0.15, -0.1) is 0 Å². The first-order chi connectivity index (χ1) is 8.19. The van der Waals surface area contributed by atoms with E-state index < -0.39 is 0 Å². The van der Waals surface area contributed by atoms with E-state index in [1.54, 1.807) is 23.0 Å². The molecule has 0 aliphatic carbocycles. The molecule has 5 heteroatoms. The monoisotopic (exact) mass is 294 g/mol. The topological polar surface area (TPSA) is 44.1 Å². The van der Waals surface area contributed by atoms with Crippen molar-refractivity contribution < 1.29 is 9.53 Å². The zero-order valence-corrected chi connectivity index (χ0v) is 10.8. The second-order valence-corrected chi connectivity index (χ2v) is 4.47. The van der Waals surface area contributed by atoms with E-state index in [2.05, 4.69) is 21.0 Å². The van der Waals surface area contributed by atoms with Crippen LogP contribution in [0, 0.1) is 0 Å². The van der Waals surface area contributed by atoms with Crippen molar-refractivity contribution in [2.24, 2.45) is 7.05 Å². The summed E-state index contributed by atoms with van der Waals surface area (Å²) in [5.41, 5.74) is 1.57. The molecule has 0 aliphatic rings. The van der Waals surface area contributed by atoms with Crippen molar-refractivity contribution in [3.05, 3.63) is 46.2 Å². The lowest BCUT2D eigenvalue weighted by atomic mass is 10.2. The van der Waals surface area contributed by atoms with Crippen LogP contribution in [-0.2, 0) is 13.7 Å². The standard InChI is InChI=1S/C12H11BrN2O2/c1-15-6-9(5-14-15)8-17-11-2-3-12(13)10(4-11)7-16/h2-7H,8H2,1H3. The van der Waals surface area contributed by atoms with E-state index in [0.717, 1.165) is 16.3 Å². The van der Waals surface area contributed by atoms with Gasteiger partial charge >= 0.3 is 0 Å². The lowest BCUT2D eigenvalue weighted by molar-refractivity contribution is 0.112. The number of aryl methyl sites for hydroxylation is 1. The fourth-order valence-corrected chi connectivity index (χ4v) is 1.76. The molecule has 0 spiro atoms. The van der Waals surface area contributed by atoms with Gasteiger partial charge in [0, 0.05) is 28.8 Å². The second kappa shape index (κ2) is 5.14. The number of hydrogen-bond acceptors (Lipinski definition) is 3. The smallest absolute Gasteiger partial charge is 0.151 e. The zero-order chi connectivity index (χ0) is 12.3. The van der Waals surface area contributed by atoms with E-state index in [-0.39, 0.29) is 0 Å². The summed E-state index contributed by atoms with van der Waals surface area (Å²) in [7, 11) is 1.85. The summed E-state index contributed by atoms with van der Waals surface area (Å²) in [5, 5.41) is 4.05. The van der Waals surface area contributed by atoms with Crippen molar-refractivity contribution in [1.29, 1.82) is 0 Å². The third kappa shape index (κ3) is 2.94. The van der Waals surface area contributed by atoms with Crippen molar-refractivity contribution in [1.82, 2.24) is 9.78 Å². The van der Waals surface area contributed by atoms with E-state index in [1.807, 2.05) is 19.3 Å². The van der Waals surface area contributed by atoms with Gasteiger partial charge in [0.25, 0.3) is 0 Å². The molecule has 1 aromatic heterocycles. The fraction of sp³-hybridized carbons (Fsp3) is 0.167. The van der Waals surface area contributed by atoms with Gasteiger partial charge in [-0.1, -0.05) is 15.9 Å². The Balaban J connectivity index is 2.06. The first-order valence-electron chi connectivity index (χ1n) is 5.04. The largest absolute Gasteiger partial charge is 0.489 e. The Morgan fingerprint density at radius 2 is 2.35 bits per heavy atom. The number of carbonyl (C=O) groups is 1. The molecule has 1 aromatic carbocycles. The summed E-state index contributed by atoms with van der Waals surface area (Å²) >= 11 is 3.29. The number of rotatable bonds is 4. The second-order valence-electron chi connectivity index (χ2n) is 3.61. The van der Waals surface area contributed by atoms with Crippen LogP contribution >= 0.6 is 15.9 Å². The average molecular weight is 295 g/mol. The maximum atomic E-state index is 10.8. The molecule has 0 saturated heterocycles. The molecule has 0 radical (unpaired) electrons. The highest BCUT2D eigenvalue weighted by Gasteiger charge is 2.02. The molecule has 0 atom stereocenters. The Labute approximate surface area is 107 Å². The predicted molar refractivity (Wildman–Crippen MR) is 67.1 cm³/mol. The van der Waals surface area contributed by atoms with Crippen LogP contribution in [0.1, 0.15) is 15.9 Å². The van der Waals surface area contributed by atoms with E-state index in [4.69, 9.17) is 4.74 Å². The summed E-state index contributed by atoms with van der Waals surface area (Å²) < 4.78 is 8.05. The number of nitrogens with zero attached hydrogens (tertiary/aromatic N) is 2. The van der Waals surface area contributed by atoms with Gasteiger partial charge in [0.05, 0.1) is 6.20 Å². The SMILES string of the molecule is Cn1cc(COc2ccc(Br)c(C=O)c2)cn1. The van der Waals surface area contributed by atoms with Gasteiger partial charge in [-0.3, -0.25) is 9.48 Å². The third-order valence-electron chi connectivity index (χ3n) is 2.26. The van der Waals surface area contributed by atoms with Crippen LogP contribution in [0.25, 0.3) is 0 Å². The summed E-state index contributed by atoms with van der Waals surface area (Å²) in [5.74, 6) is 0.666. The maximum Gasteiger partial charge on any atom is 0.151 e. The lowest BCUT2D eigenvalue weighted by Crippen LogP contribution is -1.95. The first kappa shape index (κ1) is 11.9. The zero-order valence-electron chi connectivity index (χ0n) is 9.26. The number of carbonyl (C=O) groups excluding carboxylic acids is 1. The third-order valence-corrected chi connectivity index (χ3v) is 2.98. The van der Waals surface area contributed by atoms with Crippen LogP contribution in [0.15, 0.2) is 35.1 Å². The minimum Gasteiger partial charge on any atom is -0.489 e. The molecule has 4 nitrogen and oxygen atoms in total. The van der Waals surface area contributed by atoms with Gasteiger partial charge in [-0.2, -0.15) is 5.10 Å². The van der Waals surface area contributed by atoms with Crippen molar-refractivity contribution in [2.45, 2.75) is 6.61 Å². The number of aldehydes is 1. The Hall–Kier alpha value is -1.62. The minimum absolute atomic E-state index is 0.438. The highest BCUT2D eigenvalue weighted by molar-refractivity contribution is 9.10. The molecular weight excluding hydrogens is 284 g/mol. The van der Waals surface area contributed by atoms with Crippen LogP contribution in [-0.4, -0.2) is 16.1 Å². The Bertz CT molecular complexity index is 537. The van der Waals surface area contributed by atoms with Gasteiger partial charge in [0.1, 0.15) is 12.4 Å². The van der Waals surface area contributed by atoms with Gasteiger partial charge in [-0.05, 0) is 18.2 Å². The summed E-state index contributed by atoms with van der Waals surface area (Å²) in [4.78, 5) is 10.8. The predicted octanol–water partition coefficient (Wildman–Crippen LogP) is 2.57. The molecule has 0 N–H and O–H groups in total. The number of aromatic nitrogens is 2. The van der Waals surface area contributed by atoms with Crippen LogP contribution in [0.3, 0.4) is 0 Å². The normalized spacial score (nSPS) is 10.2. The molecule has 2 aromatic rings. The van der Waals surface area contributed by atoms with Gasteiger partial charge in [0.15, 0.2) is 6.29 Å². The van der Waals surface area contributed by atoms with Crippen LogP contribution in [0.5, 0.6) is 5.75 Å². The van der Waals surface area contributed by atoms with Crippen LogP contribution in [0.4, 0.5) is 0 Å². The molecule has 0 aliphatic heterocycles. The van der Waals surface area contributed by atoms with Crippen molar-refractivity contribution in [3.63, 3.8) is 0 Å². The molecule has 17 heavy (non-hydrogen) atoms. The first-order valence-corrected chi connectivity index (χ1v) is 5.83. The number of halogens is 1. The number of hydrogen-bond donors (Lipinski definition) is 0. The molecule has 0 bridgehead atoms. The maximum absolute atomic E-state index is 10.8. The fourth-order valence-electron chi connectivity index (χ4n) is 1.42. The molecule has 88 valence electrons. The van der Waals surface area contributed by atoms with Crippen molar-refractivity contribution >= 4 is 22.2 Å². The quantitative estimate of drug-likeness (QED) is 0.814. The van der Waals surface area contributed by atoms with Crippen LogP contribution < -0.4 is 4.74 Å². The van der Waals surface area contributed by atoms with E-state index in [0.29, 0.717) is 17.9 Å². The van der Waals surface area contributed by atoms with E-state index in [9.17, 15) is 4.79 Å². The molecular formula is C12H11BrN2O2. The molecule has 0 amide bonds. The molecule has 0 saturated carbocycles. The lowest BCUT2D eigenvalue weighted by Gasteiger charge is -2.05. The summed E-state index contributed by atoms with van der Waals surface area (Å²) in [6.45, 7) is 0.438. The molecule has 1 heterocycles.